The van der Waals surface area contributed by atoms with Crippen molar-refractivity contribution in [2.24, 2.45) is 0 Å². The normalized spacial score (nSPS) is 12.5. The highest BCUT2D eigenvalue weighted by Gasteiger charge is 2.16. The first-order valence-corrected chi connectivity index (χ1v) is 5.21. The average molecular weight is 215 g/mol. The third-order valence-corrected chi connectivity index (χ3v) is 2.60. The highest BCUT2D eigenvalue weighted by Crippen LogP contribution is 2.19. The Kier molecular flexibility index (Phi) is 3.94. The van der Waals surface area contributed by atoms with Gasteiger partial charge in [0.2, 0.25) is 5.16 Å². The first-order chi connectivity index (χ1) is 6.67. The lowest BCUT2D eigenvalue weighted by molar-refractivity contribution is -0.139. The summed E-state index contributed by atoms with van der Waals surface area (Å²) in [5.74, 6) is 0.558. The molecule has 0 fully saturated rings. The van der Waals surface area contributed by atoms with E-state index in [2.05, 4.69) is 19.9 Å². The van der Waals surface area contributed by atoms with Gasteiger partial charge in [0.25, 0.3) is 0 Å². The van der Waals surface area contributed by atoms with Gasteiger partial charge in [-0.2, -0.15) is 0 Å². The summed E-state index contributed by atoms with van der Waals surface area (Å²) in [7, 11) is 1.37. The van der Waals surface area contributed by atoms with Crippen LogP contribution < -0.4 is 0 Å². The second-order valence-electron chi connectivity index (χ2n) is 2.70. The van der Waals surface area contributed by atoms with Crippen LogP contribution in [-0.2, 0) is 16.0 Å². The molecule has 1 unspecified atom stereocenters. The fraction of sp³-hybridized carbons (Fsp3) is 0.625. The molecule has 0 saturated carbocycles. The van der Waals surface area contributed by atoms with Crippen LogP contribution in [0.15, 0.2) is 5.16 Å². The third-order valence-electron chi connectivity index (χ3n) is 1.66. The number of aryl methyl sites for hydroxylation is 1. The lowest BCUT2D eigenvalue weighted by Gasteiger charge is -2.04. The molecule has 14 heavy (non-hydrogen) atoms. The summed E-state index contributed by atoms with van der Waals surface area (Å²) >= 11 is 1.28. The van der Waals surface area contributed by atoms with E-state index in [0.29, 0.717) is 5.16 Å². The standard InChI is InChI=1S/C8H13N3O2S/c1-4-6-9-8(11-10-6)14-5(2)7(12)13-3/h5H,4H2,1-3H3,(H,9,10,11). The van der Waals surface area contributed by atoms with Crippen LogP contribution >= 0.6 is 11.8 Å². The topological polar surface area (TPSA) is 67.9 Å². The van der Waals surface area contributed by atoms with Gasteiger partial charge in [-0.15, -0.1) is 5.10 Å². The van der Waals surface area contributed by atoms with Crippen LogP contribution in [-0.4, -0.2) is 33.5 Å². The Bertz CT molecular complexity index is 313. The monoisotopic (exact) mass is 215 g/mol. The fourth-order valence-electron chi connectivity index (χ4n) is 0.861. The van der Waals surface area contributed by atoms with Crippen LogP contribution in [0.3, 0.4) is 0 Å². The molecule has 1 rings (SSSR count). The zero-order valence-corrected chi connectivity index (χ0v) is 9.22. The Labute approximate surface area is 86.6 Å². The van der Waals surface area contributed by atoms with Crippen molar-refractivity contribution in [2.45, 2.75) is 30.7 Å². The van der Waals surface area contributed by atoms with Gasteiger partial charge in [-0.05, 0) is 6.92 Å². The van der Waals surface area contributed by atoms with E-state index in [4.69, 9.17) is 0 Å². The van der Waals surface area contributed by atoms with E-state index in [9.17, 15) is 4.79 Å². The van der Waals surface area contributed by atoms with E-state index >= 15 is 0 Å². The molecule has 0 spiro atoms. The summed E-state index contributed by atoms with van der Waals surface area (Å²) in [5, 5.41) is 7.05. The number of aromatic amines is 1. The lowest BCUT2D eigenvalue weighted by atomic mass is 10.5. The zero-order valence-electron chi connectivity index (χ0n) is 8.40. The first kappa shape index (κ1) is 11.0. The number of rotatable bonds is 4. The van der Waals surface area contributed by atoms with Crippen molar-refractivity contribution >= 4 is 17.7 Å². The van der Waals surface area contributed by atoms with Crippen molar-refractivity contribution in [3.8, 4) is 0 Å². The molecular weight excluding hydrogens is 202 g/mol. The predicted octanol–water partition coefficient (Wildman–Crippen LogP) is 1.02. The van der Waals surface area contributed by atoms with E-state index in [0.717, 1.165) is 12.2 Å². The molecule has 78 valence electrons. The maximum Gasteiger partial charge on any atom is 0.318 e. The third kappa shape index (κ3) is 2.73. The van der Waals surface area contributed by atoms with Crippen LogP contribution in [0.4, 0.5) is 0 Å². The number of hydrogen-bond donors (Lipinski definition) is 1. The molecule has 0 aliphatic rings. The highest BCUT2D eigenvalue weighted by molar-refractivity contribution is 8.00. The van der Waals surface area contributed by atoms with Crippen molar-refractivity contribution in [2.75, 3.05) is 7.11 Å². The minimum atomic E-state index is -0.277. The number of aromatic nitrogens is 3. The van der Waals surface area contributed by atoms with Crippen molar-refractivity contribution in [3.05, 3.63) is 5.82 Å². The van der Waals surface area contributed by atoms with E-state index in [1.807, 2.05) is 6.92 Å². The number of ether oxygens (including phenoxy) is 1. The van der Waals surface area contributed by atoms with E-state index in [-0.39, 0.29) is 11.2 Å². The number of carbonyl (C=O) groups excluding carboxylic acids is 1. The van der Waals surface area contributed by atoms with Crippen LogP contribution in [0.25, 0.3) is 0 Å². The molecule has 0 amide bonds. The second kappa shape index (κ2) is 4.99. The zero-order chi connectivity index (χ0) is 10.6. The summed E-state index contributed by atoms with van der Waals surface area (Å²) in [4.78, 5) is 15.3. The number of thioether (sulfide) groups is 1. The van der Waals surface area contributed by atoms with Crippen molar-refractivity contribution in [1.29, 1.82) is 0 Å². The molecular formula is C8H13N3O2S. The smallest absolute Gasteiger partial charge is 0.318 e. The van der Waals surface area contributed by atoms with Crippen LogP contribution in [0.2, 0.25) is 0 Å². The molecule has 0 aliphatic heterocycles. The Morgan fingerprint density at radius 2 is 2.43 bits per heavy atom. The van der Waals surface area contributed by atoms with Gasteiger partial charge in [0.1, 0.15) is 11.1 Å². The lowest BCUT2D eigenvalue weighted by Crippen LogP contribution is -2.14. The molecule has 0 saturated heterocycles. The maximum atomic E-state index is 11.1. The van der Waals surface area contributed by atoms with E-state index in [1.165, 1.54) is 18.9 Å². The van der Waals surface area contributed by atoms with Crippen LogP contribution in [0.1, 0.15) is 19.7 Å². The Balaban J connectivity index is 2.55. The molecule has 1 aromatic heterocycles. The number of esters is 1. The summed E-state index contributed by atoms with van der Waals surface area (Å²) in [6, 6.07) is 0. The summed E-state index contributed by atoms with van der Waals surface area (Å²) in [5.41, 5.74) is 0. The minimum absolute atomic E-state index is 0.266. The van der Waals surface area contributed by atoms with Gasteiger partial charge in [0.15, 0.2) is 0 Å². The molecule has 0 radical (unpaired) electrons. The van der Waals surface area contributed by atoms with Crippen LogP contribution in [0, 0.1) is 0 Å². The van der Waals surface area contributed by atoms with Gasteiger partial charge >= 0.3 is 5.97 Å². The summed E-state index contributed by atoms with van der Waals surface area (Å²) in [6.45, 7) is 3.75. The molecule has 1 heterocycles. The Hall–Kier alpha value is -1.04. The largest absolute Gasteiger partial charge is 0.468 e. The number of methoxy groups -OCH3 is 1. The van der Waals surface area contributed by atoms with E-state index in [1.54, 1.807) is 6.92 Å². The summed E-state index contributed by atoms with van der Waals surface area (Å²) in [6.07, 6.45) is 0.806. The second-order valence-corrected chi connectivity index (χ2v) is 4.01. The molecule has 0 aromatic carbocycles. The average Bonchev–Trinajstić information content (AvgIpc) is 2.64. The van der Waals surface area contributed by atoms with Gasteiger partial charge in [0.05, 0.1) is 7.11 Å². The van der Waals surface area contributed by atoms with Gasteiger partial charge in [-0.3, -0.25) is 9.89 Å². The van der Waals surface area contributed by atoms with E-state index < -0.39 is 0 Å². The number of hydrogen-bond acceptors (Lipinski definition) is 5. The van der Waals surface area contributed by atoms with Crippen molar-refractivity contribution in [1.82, 2.24) is 15.2 Å². The van der Waals surface area contributed by atoms with Crippen molar-refractivity contribution < 1.29 is 9.53 Å². The molecule has 5 nitrogen and oxygen atoms in total. The SMILES string of the molecule is CCc1nc(SC(C)C(=O)OC)n[nH]1. The van der Waals surface area contributed by atoms with Gasteiger partial charge in [0, 0.05) is 6.42 Å². The number of H-pyrrole nitrogens is 1. The maximum absolute atomic E-state index is 11.1. The fourth-order valence-corrected chi connectivity index (χ4v) is 1.63. The molecule has 6 heteroatoms. The van der Waals surface area contributed by atoms with Crippen molar-refractivity contribution in [3.63, 3.8) is 0 Å². The molecule has 0 aliphatic carbocycles. The first-order valence-electron chi connectivity index (χ1n) is 4.33. The highest BCUT2D eigenvalue weighted by atomic mass is 32.2. The van der Waals surface area contributed by atoms with Gasteiger partial charge in [-0.1, -0.05) is 18.7 Å². The summed E-state index contributed by atoms with van der Waals surface area (Å²) < 4.78 is 4.59. The Morgan fingerprint density at radius 3 is 2.93 bits per heavy atom. The Morgan fingerprint density at radius 1 is 1.71 bits per heavy atom. The van der Waals surface area contributed by atoms with Gasteiger partial charge < -0.3 is 4.74 Å². The van der Waals surface area contributed by atoms with Crippen LogP contribution in [0.5, 0.6) is 0 Å². The molecule has 0 bridgehead atoms. The van der Waals surface area contributed by atoms with Gasteiger partial charge in [-0.25, -0.2) is 4.98 Å². The molecule has 1 N–H and O–H groups in total. The number of nitrogens with one attached hydrogen (secondary N) is 1. The predicted molar refractivity (Wildman–Crippen MR) is 53.1 cm³/mol. The minimum Gasteiger partial charge on any atom is -0.468 e. The number of nitrogens with zero attached hydrogens (tertiary/aromatic N) is 2. The number of carbonyl (C=O) groups is 1. The molecule has 1 atom stereocenters. The quantitative estimate of drug-likeness (QED) is 0.600. The molecule has 1 aromatic rings.